The van der Waals surface area contributed by atoms with Gasteiger partial charge in [-0.2, -0.15) is 6.42 Å². The van der Waals surface area contributed by atoms with Gasteiger partial charge in [0, 0.05) is 22.1 Å². The maximum Gasteiger partial charge on any atom is 1.00 e. The molecule has 8 heteroatoms. The Morgan fingerprint density at radius 2 is 0.946 bits per heavy atom. The first-order chi connectivity index (χ1) is 13.6. The number of hydrogen-bond donors (Lipinski definition) is 1. The molecule has 1 rings (SSSR count). The predicted octanol–water partition coefficient (Wildman–Crippen LogP) is 7.55. The molecule has 1 aromatic carbocycles. The maximum absolute atomic E-state index is 8.44. The van der Waals surface area contributed by atoms with Gasteiger partial charge < -0.3 is 16.8 Å². The van der Waals surface area contributed by atoms with E-state index >= 15 is 0 Å². The molecule has 0 saturated carbocycles. The number of hydrogen-bond acceptors (Lipinski definition) is 5. The van der Waals surface area contributed by atoms with Gasteiger partial charge in [-0.3, -0.25) is 0 Å². The molecule has 0 aliphatic carbocycles. The third-order valence-corrected chi connectivity index (χ3v) is 1.81. The number of ether oxygens (including phenoxy) is 1. The van der Waals surface area contributed by atoms with Gasteiger partial charge in [-0.15, -0.1) is 12.6 Å². The molecule has 0 amide bonds. The predicted molar refractivity (Wildman–Crippen MR) is 178 cm³/mol. The van der Waals surface area contributed by atoms with Crippen molar-refractivity contribution >= 4 is 19.0 Å². The van der Waals surface area contributed by atoms with Crippen LogP contribution in [-0.4, -0.2) is 39.9 Å². The van der Waals surface area contributed by atoms with Gasteiger partial charge in [0.1, 0.15) is 0 Å². The molecule has 0 bridgehead atoms. The van der Waals surface area contributed by atoms with Gasteiger partial charge in [-0.25, -0.2) is 0 Å². The maximum atomic E-state index is 8.44. The van der Waals surface area contributed by atoms with Crippen LogP contribution >= 0.6 is 0 Å². The Balaban J connectivity index is -0.0000000111. The van der Waals surface area contributed by atoms with E-state index in [4.69, 9.17) is 22.5 Å². The summed E-state index contributed by atoms with van der Waals surface area (Å²) < 4.78 is 30.7. The third-order valence-electron chi connectivity index (χ3n) is 1.81. The Morgan fingerprint density at radius 1 is 0.703 bits per heavy atom. The second-order valence-electron chi connectivity index (χ2n) is 3.04. The summed E-state index contributed by atoms with van der Waals surface area (Å²) in [6.07, 6.45) is 0.839. The third kappa shape index (κ3) is 164. The van der Waals surface area contributed by atoms with Crippen LogP contribution in [-0.2, 0) is 22.0 Å². The number of benzene rings is 1. The molecule has 0 aromatic heterocycles. The standard InChI is InChI=1S/C11H15O.5C2H6.CH4O.7CH4.B.Na.O3S/c1-3-8-12-9-11-7-5-4-6-10(11)2;6*1-2;;;;;;;;;;1-4(2)3/h4-7H,1,3,8-9H2,2H3;5*1-2H3;2H,1H3;7*1H4;;;/q-1;;;;;;;;;;;;;;;+1;. The van der Waals surface area contributed by atoms with E-state index in [1.165, 1.54) is 11.1 Å². The van der Waals surface area contributed by atoms with E-state index in [1.54, 1.807) is 0 Å². The van der Waals surface area contributed by atoms with Crippen molar-refractivity contribution in [3.63, 3.8) is 0 Å². The molecule has 0 heterocycles. The van der Waals surface area contributed by atoms with Crippen LogP contribution in [0.4, 0.5) is 0 Å². The molecule has 0 aliphatic heterocycles. The van der Waals surface area contributed by atoms with Crippen LogP contribution in [0.25, 0.3) is 0 Å². The monoisotopic (exact) mass is 572 g/mol. The van der Waals surface area contributed by atoms with E-state index in [2.05, 4.69) is 26.0 Å². The molecule has 0 unspecified atom stereocenters. The largest absolute Gasteiger partial charge is 1.00 e. The van der Waals surface area contributed by atoms with Crippen LogP contribution in [0.1, 0.15) is 139 Å². The van der Waals surface area contributed by atoms with Gasteiger partial charge in [0.2, 0.25) is 0 Å². The fourth-order valence-corrected chi connectivity index (χ4v) is 1.06. The van der Waals surface area contributed by atoms with E-state index in [0.29, 0.717) is 6.61 Å². The Labute approximate surface area is 266 Å². The summed E-state index contributed by atoms with van der Waals surface area (Å²) in [4.78, 5) is 0. The summed E-state index contributed by atoms with van der Waals surface area (Å²) in [5.74, 6) is 0. The van der Waals surface area contributed by atoms with Gasteiger partial charge >= 0.3 is 40.2 Å². The molecule has 1 N–H and O–H groups in total. The van der Waals surface area contributed by atoms with Crippen LogP contribution in [0.15, 0.2) is 24.3 Å². The van der Waals surface area contributed by atoms with Crippen molar-refractivity contribution in [2.45, 2.75) is 141 Å². The molecule has 0 fully saturated rings. The van der Waals surface area contributed by atoms with E-state index in [-0.39, 0.29) is 90.0 Å². The zero-order valence-corrected chi connectivity index (χ0v) is 25.0. The van der Waals surface area contributed by atoms with Crippen LogP contribution in [0, 0.1) is 13.8 Å². The Kier molecular flexibility index (Phi) is 452. The Bertz CT molecular complexity index is 412. The molecular weight excluding hydrogens is 494 g/mol. The smallest absolute Gasteiger partial charge is 0.400 e. The van der Waals surface area contributed by atoms with Gasteiger partial charge in [0.25, 0.3) is 0 Å². The zero-order chi connectivity index (χ0) is 24.4. The topological polar surface area (TPSA) is 80.7 Å². The minimum absolute atomic E-state index is 0. The first kappa shape index (κ1) is 109. The summed E-state index contributed by atoms with van der Waals surface area (Å²) in [7, 11) is -2.11. The molecule has 233 valence electrons. The Hall–Kier alpha value is -0.175. The van der Waals surface area contributed by atoms with E-state index in [1.807, 2.05) is 81.4 Å². The fourth-order valence-electron chi connectivity index (χ4n) is 1.06. The molecule has 5 nitrogen and oxygen atoms in total. The van der Waals surface area contributed by atoms with Crippen molar-refractivity contribution in [1.29, 1.82) is 0 Å². The van der Waals surface area contributed by atoms with Crippen LogP contribution in [0.3, 0.4) is 0 Å². The first-order valence-corrected chi connectivity index (χ1v) is 11.2. The molecule has 0 saturated heterocycles. The molecule has 37 heavy (non-hydrogen) atoms. The fraction of sp³-hybridized carbons (Fsp3) is 0.759. The second-order valence-corrected chi connectivity index (χ2v) is 3.44. The first-order valence-electron chi connectivity index (χ1n) is 10.2. The SMILES string of the molecule is C.C.C.C.C.C.C.CC.CC.CC.CC.CC.CO.O=S(=O)=O.[B].[CH2-]CCOCc1ccccc1C.[Na+]. The van der Waals surface area contributed by atoms with E-state index < -0.39 is 10.6 Å². The van der Waals surface area contributed by atoms with Crippen molar-refractivity contribution in [3.8, 4) is 0 Å². The summed E-state index contributed by atoms with van der Waals surface area (Å²) >= 11 is 0. The van der Waals surface area contributed by atoms with Crippen LogP contribution in [0.5, 0.6) is 0 Å². The van der Waals surface area contributed by atoms with Gasteiger partial charge in [-0.1, -0.05) is 145 Å². The molecule has 0 spiro atoms. The van der Waals surface area contributed by atoms with Gasteiger partial charge in [0.15, 0.2) is 0 Å². The summed E-state index contributed by atoms with van der Waals surface area (Å²) in [5.41, 5.74) is 2.56. The van der Waals surface area contributed by atoms with Gasteiger partial charge in [-0.05, 0) is 18.1 Å². The molecule has 1 aromatic rings. The Morgan fingerprint density at radius 3 is 1.16 bits per heavy atom. The molecular formula is C29H77BNaO5S. The van der Waals surface area contributed by atoms with E-state index in [9.17, 15) is 0 Å². The summed E-state index contributed by atoms with van der Waals surface area (Å²) in [6.45, 7) is 27.3. The number of aliphatic hydroxyl groups is 1. The van der Waals surface area contributed by atoms with Gasteiger partial charge in [0.05, 0.1) is 6.61 Å². The second kappa shape index (κ2) is 153. The van der Waals surface area contributed by atoms with Crippen LogP contribution < -0.4 is 29.6 Å². The average molecular weight is 572 g/mol. The minimum Gasteiger partial charge on any atom is -0.400 e. The number of aliphatic hydroxyl groups excluding tert-OH is 1. The summed E-state index contributed by atoms with van der Waals surface area (Å²) in [6, 6.07) is 8.28. The normalized spacial score (nSPS) is 4.92. The number of aryl methyl sites for hydroxylation is 1. The molecule has 0 atom stereocenters. The average Bonchev–Trinajstić information content (AvgIpc) is 2.78. The quantitative estimate of drug-likeness (QED) is 0.229. The van der Waals surface area contributed by atoms with Crippen LogP contribution in [0.2, 0.25) is 0 Å². The van der Waals surface area contributed by atoms with Crippen molar-refractivity contribution in [2.24, 2.45) is 0 Å². The van der Waals surface area contributed by atoms with Crippen molar-refractivity contribution in [2.75, 3.05) is 13.7 Å². The minimum atomic E-state index is -3.11. The van der Waals surface area contributed by atoms with E-state index in [0.717, 1.165) is 20.1 Å². The number of rotatable bonds is 4. The van der Waals surface area contributed by atoms with Crippen molar-refractivity contribution in [1.82, 2.24) is 0 Å². The molecule has 3 radical (unpaired) electrons. The summed E-state index contributed by atoms with van der Waals surface area (Å²) in [5, 5.41) is 7.00. The van der Waals surface area contributed by atoms with Crippen molar-refractivity contribution < 1.29 is 52.0 Å². The zero-order valence-electron chi connectivity index (χ0n) is 22.2. The van der Waals surface area contributed by atoms with Crippen molar-refractivity contribution in [3.05, 3.63) is 42.3 Å². The molecule has 0 aliphatic rings.